The molecule has 2 aliphatic rings. The van der Waals surface area contributed by atoms with Crippen LogP contribution in [0.4, 0.5) is 5.69 Å². The Morgan fingerprint density at radius 2 is 2.00 bits per heavy atom. The normalized spacial score (nSPS) is 23.1. The summed E-state index contributed by atoms with van der Waals surface area (Å²) < 4.78 is 0. The second-order valence-electron chi connectivity index (χ2n) is 5.46. The molecule has 1 saturated carbocycles. The van der Waals surface area contributed by atoms with Crippen LogP contribution in [0, 0.1) is 11.8 Å². The second-order valence-corrected chi connectivity index (χ2v) is 5.46. The van der Waals surface area contributed by atoms with Gasteiger partial charge in [0, 0.05) is 31.2 Å². The minimum Gasteiger partial charge on any atom is -0.371 e. The van der Waals surface area contributed by atoms with Gasteiger partial charge in [-0.05, 0) is 37.3 Å². The van der Waals surface area contributed by atoms with Crippen LogP contribution in [0.3, 0.4) is 0 Å². The van der Waals surface area contributed by atoms with Crippen LogP contribution in [0.2, 0.25) is 0 Å². The van der Waals surface area contributed by atoms with E-state index in [0.717, 1.165) is 32.5 Å². The minimum atomic E-state index is 0.271. The predicted octanol–water partition coefficient (Wildman–Crippen LogP) is 2.04. The lowest BCUT2D eigenvalue weighted by Crippen LogP contribution is -2.31. The van der Waals surface area contributed by atoms with Crippen LogP contribution in [-0.4, -0.2) is 25.5 Å². The van der Waals surface area contributed by atoms with E-state index in [0.29, 0.717) is 11.8 Å². The quantitative estimate of drug-likeness (QED) is 0.879. The largest absolute Gasteiger partial charge is 0.371 e. The van der Waals surface area contributed by atoms with Crippen molar-refractivity contribution in [3.05, 3.63) is 30.3 Å². The zero-order valence-corrected chi connectivity index (χ0v) is 10.6. The van der Waals surface area contributed by atoms with Crippen LogP contribution in [0.25, 0.3) is 0 Å². The zero-order chi connectivity index (χ0) is 12.4. The lowest BCUT2D eigenvalue weighted by Gasteiger charge is -2.18. The summed E-state index contributed by atoms with van der Waals surface area (Å²) in [7, 11) is 0. The van der Waals surface area contributed by atoms with Crippen LogP contribution in [0.5, 0.6) is 0 Å². The van der Waals surface area contributed by atoms with Gasteiger partial charge < -0.3 is 10.2 Å². The first-order valence-electron chi connectivity index (χ1n) is 6.90. The van der Waals surface area contributed by atoms with Crippen molar-refractivity contribution in [3.8, 4) is 0 Å². The molecule has 96 valence electrons. The Balaban J connectivity index is 1.48. The third-order valence-electron chi connectivity index (χ3n) is 3.92. The van der Waals surface area contributed by atoms with Crippen molar-refractivity contribution >= 4 is 11.6 Å². The molecule has 0 bridgehead atoms. The minimum absolute atomic E-state index is 0.271. The molecule has 0 spiro atoms. The van der Waals surface area contributed by atoms with Crippen LogP contribution in [0.15, 0.2) is 30.3 Å². The standard InChI is InChI=1S/C15H20N2O/c18-15(13-6-7-13)16-10-12-8-9-17(11-12)14-4-2-1-3-5-14/h1-5,12-13H,6-11H2,(H,16,18)/t12-/m0/s1. The van der Waals surface area contributed by atoms with Crippen LogP contribution >= 0.6 is 0 Å². The highest BCUT2D eigenvalue weighted by Gasteiger charge is 2.30. The van der Waals surface area contributed by atoms with Gasteiger partial charge in [-0.15, -0.1) is 0 Å². The SMILES string of the molecule is O=C(NC[C@@H]1CCN(c2ccccc2)C1)C1CC1. The second kappa shape index (κ2) is 5.01. The molecule has 1 amide bonds. The van der Waals surface area contributed by atoms with Gasteiger partial charge in [-0.2, -0.15) is 0 Å². The topological polar surface area (TPSA) is 32.3 Å². The van der Waals surface area contributed by atoms with Gasteiger partial charge in [0.05, 0.1) is 0 Å². The molecule has 0 radical (unpaired) electrons. The highest BCUT2D eigenvalue weighted by atomic mass is 16.2. The third-order valence-corrected chi connectivity index (χ3v) is 3.92. The number of anilines is 1. The van der Waals surface area contributed by atoms with E-state index in [1.165, 1.54) is 12.1 Å². The third kappa shape index (κ3) is 2.66. The maximum Gasteiger partial charge on any atom is 0.223 e. The number of nitrogens with zero attached hydrogens (tertiary/aromatic N) is 1. The number of hydrogen-bond donors (Lipinski definition) is 1. The number of amides is 1. The average Bonchev–Trinajstić information content (AvgIpc) is 3.16. The molecule has 1 aromatic carbocycles. The first-order valence-corrected chi connectivity index (χ1v) is 6.90. The number of para-hydroxylation sites is 1. The first-order chi connectivity index (χ1) is 8.83. The molecule has 3 heteroatoms. The number of benzene rings is 1. The average molecular weight is 244 g/mol. The summed E-state index contributed by atoms with van der Waals surface area (Å²) in [6.07, 6.45) is 3.36. The molecular weight excluding hydrogens is 224 g/mol. The van der Waals surface area contributed by atoms with Crippen molar-refractivity contribution < 1.29 is 4.79 Å². The predicted molar refractivity (Wildman–Crippen MR) is 72.5 cm³/mol. The lowest BCUT2D eigenvalue weighted by atomic mass is 10.1. The number of nitrogens with one attached hydrogen (secondary N) is 1. The molecular formula is C15H20N2O. The van der Waals surface area contributed by atoms with E-state index in [9.17, 15) is 4.79 Å². The highest BCUT2D eigenvalue weighted by Crippen LogP contribution is 2.29. The van der Waals surface area contributed by atoms with Crippen molar-refractivity contribution in [2.24, 2.45) is 11.8 Å². The molecule has 18 heavy (non-hydrogen) atoms. The monoisotopic (exact) mass is 244 g/mol. The van der Waals surface area contributed by atoms with Gasteiger partial charge >= 0.3 is 0 Å². The van der Waals surface area contributed by atoms with Crippen molar-refractivity contribution in [1.29, 1.82) is 0 Å². The van der Waals surface area contributed by atoms with Gasteiger partial charge in [0.25, 0.3) is 0 Å². The molecule has 2 fully saturated rings. The number of carbonyl (C=O) groups is 1. The van der Waals surface area contributed by atoms with Crippen molar-refractivity contribution in [2.45, 2.75) is 19.3 Å². The number of hydrogen-bond acceptors (Lipinski definition) is 2. The van der Waals surface area contributed by atoms with E-state index in [4.69, 9.17) is 0 Å². The van der Waals surface area contributed by atoms with Gasteiger partial charge in [-0.3, -0.25) is 4.79 Å². The summed E-state index contributed by atoms with van der Waals surface area (Å²) in [5, 5.41) is 3.09. The molecule has 3 rings (SSSR count). The van der Waals surface area contributed by atoms with Crippen molar-refractivity contribution in [3.63, 3.8) is 0 Å². The van der Waals surface area contributed by atoms with E-state index >= 15 is 0 Å². The molecule has 1 heterocycles. The summed E-state index contributed by atoms with van der Waals surface area (Å²) in [5.41, 5.74) is 1.30. The Morgan fingerprint density at radius 1 is 1.22 bits per heavy atom. The molecule has 1 aliphatic carbocycles. The highest BCUT2D eigenvalue weighted by molar-refractivity contribution is 5.80. The summed E-state index contributed by atoms with van der Waals surface area (Å²) in [4.78, 5) is 14.0. The van der Waals surface area contributed by atoms with E-state index < -0.39 is 0 Å². The van der Waals surface area contributed by atoms with Crippen LogP contribution < -0.4 is 10.2 Å². The summed E-state index contributed by atoms with van der Waals surface area (Å²) >= 11 is 0. The van der Waals surface area contributed by atoms with E-state index in [1.54, 1.807) is 0 Å². The fraction of sp³-hybridized carbons (Fsp3) is 0.533. The van der Waals surface area contributed by atoms with Gasteiger partial charge in [-0.1, -0.05) is 18.2 Å². The Hall–Kier alpha value is -1.51. The first kappa shape index (κ1) is 11.6. The maximum absolute atomic E-state index is 11.6. The number of carbonyl (C=O) groups excluding carboxylic acids is 1. The van der Waals surface area contributed by atoms with Gasteiger partial charge in [0.15, 0.2) is 0 Å². The summed E-state index contributed by atoms with van der Waals surface area (Å²) in [5.74, 6) is 1.21. The smallest absolute Gasteiger partial charge is 0.223 e. The van der Waals surface area contributed by atoms with Crippen molar-refractivity contribution in [2.75, 3.05) is 24.5 Å². The summed E-state index contributed by atoms with van der Waals surface area (Å²) in [6.45, 7) is 3.02. The molecule has 0 aromatic heterocycles. The molecule has 0 unspecified atom stereocenters. The molecule has 1 aliphatic heterocycles. The maximum atomic E-state index is 11.6. The fourth-order valence-electron chi connectivity index (χ4n) is 2.61. The molecule has 1 saturated heterocycles. The molecule has 1 atom stereocenters. The Labute approximate surface area is 108 Å². The molecule has 1 N–H and O–H groups in total. The fourth-order valence-corrected chi connectivity index (χ4v) is 2.61. The Morgan fingerprint density at radius 3 is 2.72 bits per heavy atom. The number of rotatable bonds is 4. The van der Waals surface area contributed by atoms with Crippen molar-refractivity contribution in [1.82, 2.24) is 5.32 Å². The molecule has 3 nitrogen and oxygen atoms in total. The van der Waals surface area contributed by atoms with E-state index in [2.05, 4.69) is 34.5 Å². The van der Waals surface area contributed by atoms with Gasteiger partial charge in [-0.25, -0.2) is 0 Å². The Kier molecular flexibility index (Phi) is 3.22. The molecule has 1 aromatic rings. The van der Waals surface area contributed by atoms with Gasteiger partial charge in [0.1, 0.15) is 0 Å². The summed E-state index contributed by atoms with van der Waals surface area (Å²) in [6, 6.07) is 10.5. The lowest BCUT2D eigenvalue weighted by molar-refractivity contribution is -0.122. The Bertz CT molecular complexity index is 414. The zero-order valence-electron chi connectivity index (χ0n) is 10.6. The van der Waals surface area contributed by atoms with E-state index in [1.807, 2.05) is 6.07 Å². The van der Waals surface area contributed by atoms with E-state index in [-0.39, 0.29) is 5.91 Å². The van der Waals surface area contributed by atoms with Crippen LogP contribution in [-0.2, 0) is 4.79 Å². The van der Waals surface area contributed by atoms with Crippen LogP contribution in [0.1, 0.15) is 19.3 Å². The van der Waals surface area contributed by atoms with Gasteiger partial charge in [0.2, 0.25) is 5.91 Å².